The van der Waals surface area contributed by atoms with Crippen molar-refractivity contribution in [3.8, 4) is 0 Å². The molecule has 0 saturated heterocycles. The normalized spacial score (nSPS) is 17.3. The van der Waals surface area contributed by atoms with Crippen LogP contribution in [0.5, 0.6) is 0 Å². The maximum absolute atomic E-state index is 12.3. The summed E-state index contributed by atoms with van der Waals surface area (Å²) in [5.74, 6) is 1.29. The third kappa shape index (κ3) is 4.84. The second-order valence-corrected chi connectivity index (χ2v) is 6.43. The number of nitrogens with zero attached hydrogens (tertiary/aromatic N) is 1. The minimum Gasteiger partial charge on any atom is -0.355 e. The van der Waals surface area contributed by atoms with Gasteiger partial charge < -0.3 is 5.32 Å². The maximum atomic E-state index is 12.3. The van der Waals surface area contributed by atoms with E-state index < -0.39 is 0 Å². The van der Waals surface area contributed by atoms with E-state index in [1.165, 1.54) is 18.4 Å². The van der Waals surface area contributed by atoms with E-state index in [0.29, 0.717) is 24.3 Å². The molecule has 0 bridgehead atoms. The number of benzene rings is 1. The van der Waals surface area contributed by atoms with Gasteiger partial charge in [-0.1, -0.05) is 44.2 Å². The third-order valence-electron chi connectivity index (χ3n) is 4.85. The SMILES string of the molecule is CCN(CC)C(C)CNC(=O)CC(c1ccccc1)C1CC1. The fourth-order valence-electron chi connectivity index (χ4n) is 3.27. The zero-order valence-corrected chi connectivity index (χ0v) is 14.2. The molecular formula is C19H30N2O. The van der Waals surface area contributed by atoms with E-state index in [4.69, 9.17) is 0 Å². The number of carbonyl (C=O) groups is 1. The first-order valence-corrected chi connectivity index (χ1v) is 8.71. The Balaban J connectivity index is 1.84. The van der Waals surface area contributed by atoms with Crippen LogP contribution >= 0.6 is 0 Å². The summed E-state index contributed by atoms with van der Waals surface area (Å²) in [7, 11) is 0. The van der Waals surface area contributed by atoms with E-state index in [-0.39, 0.29) is 5.91 Å². The first kappa shape index (κ1) is 17.0. The summed E-state index contributed by atoms with van der Waals surface area (Å²) in [6.45, 7) is 9.32. The Bertz CT molecular complexity index is 452. The summed E-state index contributed by atoms with van der Waals surface area (Å²) >= 11 is 0. The molecule has 0 aliphatic heterocycles. The molecular weight excluding hydrogens is 272 g/mol. The average molecular weight is 302 g/mol. The Morgan fingerprint density at radius 2 is 1.86 bits per heavy atom. The van der Waals surface area contributed by atoms with Crippen LogP contribution in [0, 0.1) is 5.92 Å². The summed E-state index contributed by atoms with van der Waals surface area (Å²) in [4.78, 5) is 14.7. The molecule has 1 aliphatic rings. The van der Waals surface area contributed by atoms with E-state index in [1.54, 1.807) is 0 Å². The van der Waals surface area contributed by atoms with Crippen molar-refractivity contribution < 1.29 is 4.79 Å². The minimum absolute atomic E-state index is 0.194. The lowest BCUT2D eigenvalue weighted by Crippen LogP contribution is -2.42. The molecule has 122 valence electrons. The van der Waals surface area contributed by atoms with Gasteiger partial charge in [-0.15, -0.1) is 0 Å². The van der Waals surface area contributed by atoms with Crippen molar-refractivity contribution in [1.29, 1.82) is 0 Å². The molecule has 2 unspecified atom stereocenters. The summed E-state index contributed by atoms with van der Waals surface area (Å²) in [6.07, 6.45) is 3.16. The smallest absolute Gasteiger partial charge is 0.220 e. The number of hydrogen-bond donors (Lipinski definition) is 1. The van der Waals surface area contributed by atoms with Gasteiger partial charge in [0.1, 0.15) is 0 Å². The van der Waals surface area contributed by atoms with Crippen molar-refractivity contribution in [1.82, 2.24) is 10.2 Å². The van der Waals surface area contributed by atoms with Crippen molar-refractivity contribution in [3.05, 3.63) is 35.9 Å². The lowest BCUT2D eigenvalue weighted by molar-refractivity contribution is -0.121. The number of rotatable bonds is 9. The Labute approximate surface area is 135 Å². The molecule has 2 atom stereocenters. The predicted octanol–water partition coefficient (Wildman–Crippen LogP) is 3.42. The van der Waals surface area contributed by atoms with Crippen molar-refractivity contribution in [3.63, 3.8) is 0 Å². The van der Waals surface area contributed by atoms with Crippen LogP contribution in [0.25, 0.3) is 0 Å². The molecule has 1 amide bonds. The lowest BCUT2D eigenvalue weighted by Gasteiger charge is -2.26. The third-order valence-corrected chi connectivity index (χ3v) is 4.85. The van der Waals surface area contributed by atoms with Crippen molar-refractivity contribution in [2.24, 2.45) is 5.92 Å². The second-order valence-electron chi connectivity index (χ2n) is 6.43. The van der Waals surface area contributed by atoms with Gasteiger partial charge in [0, 0.05) is 19.0 Å². The minimum atomic E-state index is 0.194. The van der Waals surface area contributed by atoms with Crippen LogP contribution in [-0.2, 0) is 4.79 Å². The zero-order chi connectivity index (χ0) is 15.9. The molecule has 0 radical (unpaired) electrons. The molecule has 22 heavy (non-hydrogen) atoms. The molecule has 3 nitrogen and oxygen atoms in total. The fraction of sp³-hybridized carbons (Fsp3) is 0.632. The van der Waals surface area contributed by atoms with Gasteiger partial charge >= 0.3 is 0 Å². The number of likely N-dealkylation sites (N-methyl/N-ethyl adjacent to an activating group) is 1. The molecule has 3 heteroatoms. The molecule has 1 aromatic rings. The van der Waals surface area contributed by atoms with Gasteiger partial charge in [-0.2, -0.15) is 0 Å². The number of hydrogen-bond acceptors (Lipinski definition) is 2. The first-order chi connectivity index (χ1) is 10.7. The van der Waals surface area contributed by atoms with E-state index in [9.17, 15) is 4.79 Å². The number of nitrogens with one attached hydrogen (secondary N) is 1. The molecule has 2 rings (SSSR count). The van der Waals surface area contributed by atoms with Crippen molar-refractivity contribution in [2.45, 2.75) is 52.0 Å². The van der Waals surface area contributed by atoms with Gasteiger partial charge in [0.05, 0.1) is 0 Å². The van der Waals surface area contributed by atoms with Crippen LogP contribution in [0.2, 0.25) is 0 Å². The van der Waals surface area contributed by atoms with Crippen LogP contribution in [0.4, 0.5) is 0 Å². The van der Waals surface area contributed by atoms with Crippen LogP contribution in [0.15, 0.2) is 30.3 Å². The summed E-state index contributed by atoms with van der Waals surface area (Å²) in [6, 6.07) is 10.9. The maximum Gasteiger partial charge on any atom is 0.220 e. The van der Waals surface area contributed by atoms with E-state index >= 15 is 0 Å². The van der Waals surface area contributed by atoms with Gasteiger partial charge in [-0.3, -0.25) is 9.69 Å². The highest BCUT2D eigenvalue weighted by Crippen LogP contribution is 2.44. The molecule has 1 N–H and O–H groups in total. The van der Waals surface area contributed by atoms with Crippen molar-refractivity contribution in [2.75, 3.05) is 19.6 Å². The Morgan fingerprint density at radius 3 is 2.41 bits per heavy atom. The van der Waals surface area contributed by atoms with Crippen LogP contribution < -0.4 is 5.32 Å². The molecule has 0 aromatic heterocycles. The average Bonchev–Trinajstić information content (AvgIpc) is 3.37. The highest BCUT2D eigenvalue weighted by atomic mass is 16.1. The van der Waals surface area contributed by atoms with E-state index in [0.717, 1.165) is 19.6 Å². The van der Waals surface area contributed by atoms with Crippen LogP contribution in [0.3, 0.4) is 0 Å². The summed E-state index contributed by atoms with van der Waals surface area (Å²) in [5, 5.41) is 3.13. The lowest BCUT2D eigenvalue weighted by atomic mass is 9.91. The fourth-order valence-corrected chi connectivity index (χ4v) is 3.27. The van der Waals surface area contributed by atoms with Gasteiger partial charge in [0.25, 0.3) is 0 Å². The van der Waals surface area contributed by atoms with E-state index in [1.807, 2.05) is 6.07 Å². The largest absolute Gasteiger partial charge is 0.355 e. The highest BCUT2D eigenvalue weighted by Gasteiger charge is 2.33. The predicted molar refractivity (Wildman–Crippen MR) is 91.9 cm³/mol. The second kappa shape index (κ2) is 8.33. The first-order valence-electron chi connectivity index (χ1n) is 8.71. The molecule has 0 heterocycles. The highest BCUT2D eigenvalue weighted by molar-refractivity contribution is 5.77. The quantitative estimate of drug-likeness (QED) is 0.758. The van der Waals surface area contributed by atoms with E-state index in [2.05, 4.69) is 55.3 Å². The Morgan fingerprint density at radius 1 is 1.23 bits per heavy atom. The molecule has 1 fully saturated rings. The van der Waals surface area contributed by atoms with Gasteiger partial charge in [0.15, 0.2) is 0 Å². The molecule has 1 saturated carbocycles. The Kier molecular flexibility index (Phi) is 6.44. The summed E-state index contributed by atoms with van der Waals surface area (Å²) in [5.41, 5.74) is 1.32. The molecule has 1 aliphatic carbocycles. The molecule has 1 aromatic carbocycles. The van der Waals surface area contributed by atoms with Gasteiger partial charge in [-0.25, -0.2) is 0 Å². The standard InChI is InChI=1S/C19H30N2O/c1-4-21(5-2)15(3)14-20-19(22)13-18(17-11-12-17)16-9-7-6-8-10-16/h6-10,15,17-18H,4-5,11-14H2,1-3H3,(H,20,22). The topological polar surface area (TPSA) is 32.3 Å². The van der Waals surface area contributed by atoms with Gasteiger partial charge in [-0.05, 0) is 50.3 Å². The van der Waals surface area contributed by atoms with Gasteiger partial charge in [0.2, 0.25) is 5.91 Å². The number of carbonyl (C=O) groups excluding carboxylic acids is 1. The van der Waals surface area contributed by atoms with Crippen LogP contribution in [-0.4, -0.2) is 36.5 Å². The number of amides is 1. The molecule has 0 spiro atoms. The summed E-state index contributed by atoms with van der Waals surface area (Å²) < 4.78 is 0. The zero-order valence-electron chi connectivity index (χ0n) is 14.2. The van der Waals surface area contributed by atoms with Crippen molar-refractivity contribution >= 4 is 5.91 Å². The Hall–Kier alpha value is -1.35. The monoisotopic (exact) mass is 302 g/mol. The van der Waals surface area contributed by atoms with Crippen LogP contribution in [0.1, 0.15) is 51.5 Å².